The highest BCUT2D eigenvalue weighted by atomic mass is 35.5. The van der Waals surface area contributed by atoms with Gasteiger partial charge in [0.25, 0.3) is 0 Å². The SMILES string of the molecule is CNc1ccc(F)c(C(=O)O)n1.Cl. The van der Waals surface area contributed by atoms with Gasteiger partial charge in [0.1, 0.15) is 5.82 Å². The van der Waals surface area contributed by atoms with Crippen LogP contribution in [0.4, 0.5) is 10.2 Å². The van der Waals surface area contributed by atoms with E-state index in [9.17, 15) is 9.18 Å². The first kappa shape index (κ1) is 11.6. The fraction of sp³-hybridized carbons (Fsp3) is 0.143. The van der Waals surface area contributed by atoms with E-state index >= 15 is 0 Å². The molecule has 13 heavy (non-hydrogen) atoms. The van der Waals surface area contributed by atoms with Gasteiger partial charge >= 0.3 is 5.97 Å². The van der Waals surface area contributed by atoms with Crippen molar-refractivity contribution < 1.29 is 14.3 Å². The van der Waals surface area contributed by atoms with Crippen molar-refractivity contribution in [2.75, 3.05) is 12.4 Å². The van der Waals surface area contributed by atoms with Gasteiger partial charge in [-0.25, -0.2) is 14.2 Å². The van der Waals surface area contributed by atoms with Crippen LogP contribution in [0.25, 0.3) is 0 Å². The molecule has 0 aliphatic carbocycles. The summed E-state index contributed by atoms with van der Waals surface area (Å²) < 4.78 is 12.7. The zero-order valence-corrected chi connectivity index (χ0v) is 7.56. The fourth-order valence-corrected chi connectivity index (χ4v) is 0.731. The number of anilines is 1. The molecule has 1 aromatic rings. The minimum atomic E-state index is -1.37. The molecule has 0 fully saturated rings. The Labute approximate surface area is 80.2 Å². The van der Waals surface area contributed by atoms with E-state index in [0.717, 1.165) is 6.07 Å². The average Bonchev–Trinajstić information content (AvgIpc) is 2.05. The first-order chi connectivity index (χ1) is 5.65. The standard InChI is InChI=1S/C7H7FN2O2.ClH/c1-9-5-3-2-4(8)6(10-5)7(11)12;/h2-3H,1H3,(H,9,10)(H,11,12);1H. The molecule has 1 heterocycles. The highest BCUT2D eigenvalue weighted by Gasteiger charge is 2.11. The molecule has 4 nitrogen and oxygen atoms in total. The van der Waals surface area contributed by atoms with Gasteiger partial charge in [-0.2, -0.15) is 0 Å². The number of hydrogen-bond acceptors (Lipinski definition) is 3. The summed E-state index contributed by atoms with van der Waals surface area (Å²) in [5.41, 5.74) is -0.568. The summed E-state index contributed by atoms with van der Waals surface area (Å²) >= 11 is 0. The molecule has 0 radical (unpaired) electrons. The van der Waals surface area contributed by atoms with E-state index in [4.69, 9.17) is 5.11 Å². The van der Waals surface area contributed by atoms with Crippen LogP contribution in [-0.4, -0.2) is 23.1 Å². The molecule has 0 aliphatic heterocycles. The van der Waals surface area contributed by atoms with Crippen molar-refractivity contribution >= 4 is 24.2 Å². The molecule has 1 aromatic heterocycles. The molecular formula is C7H8ClFN2O2. The van der Waals surface area contributed by atoms with Crippen LogP contribution in [0.3, 0.4) is 0 Å². The van der Waals surface area contributed by atoms with Gasteiger partial charge in [0.05, 0.1) is 0 Å². The van der Waals surface area contributed by atoms with E-state index in [-0.39, 0.29) is 12.4 Å². The molecule has 0 bridgehead atoms. The molecule has 0 aromatic carbocycles. The maximum absolute atomic E-state index is 12.7. The number of aromatic carboxylic acids is 1. The summed E-state index contributed by atoms with van der Waals surface area (Å²) in [6, 6.07) is 2.42. The number of carboxylic acids is 1. The fourth-order valence-electron chi connectivity index (χ4n) is 0.731. The molecule has 1 rings (SSSR count). The Bertz CT molecular complexity index is 319. The van der Waals surface area contributed by atoms with Gasteiger partial charge in [-0.05, 0) is 12.1 Å². The Balaban J connectivity index is 0.00000144. The Morgan fingerprint density at radius 3 is 2.69 bits per heavy atom. The molecule has 72 valence electrons. The third-order valence-corrected chi connectivity index (χ3v) is 1.30. The van der Waals surface area contributed by atoms with E-state index < -0.39 is 17.5 Å². The zero-order chi connectivity index (χ0) is 9.14. The van der Waals surface area contributed by atoms with Gasteiger partial charge in [-0.3, -0.25) is 0 Å². The summed E-state index contributed by atoms with van der Waals surface area (Å²) in [6.45, 7) is 0. The van der Waals surface area contributed by atoms with Crippen molar-refractivity contribution in [1.82, 2.24) is 4.98 Å². The smallest absolute Gasteiger partial charge is 0.357 e. The van der Waals surface area contributed by atoms with E-state index in [1.54, 1.807) is 7.05 Å². The molecule has 0 amide bonds. The molecule has 0 aliphatic rings. The normalized spacial score (nSPS) is 8.77. The summed E-state index contributed by atoms with van der Waals surface area (Å²) in [7, 11) is 1.58. The number of aromatic nitrogens is 1. The van der Waals surface area contributed by atoms with Crippen molar-refractivity contribution in [1.29, 1.82) is 0 Å². The van der Waals surface area contributed by atoms with Crippen LogP contribution < -0.4 is 5.32 Å². The van der Waals surface area contributed by atoms with Gasteiger partial charge < -0.3 is 10.4 Å². The molecular weight excluding hydrogens is 199 g/mol. The average molecular weight is 207 g/mol. The number of carboxylic acid groups (broad SMARTS) is 1. The van der Waals surface area contributed by atoms with Crippen LogP contribution in [0, 0.1) is 5.82 Å². The number of carbonyl (C=O) groups is 1. The first-order valence-electron chi connectivity index (χ1n) is 3.22. The van der Waals surface area contributed by atoms with Crippen LogP contribution in [0.5, 0.6) is 0 Å². The second-order valence-electron chi connectivity index (χ2n) is 2.08. The quantitative estimate of drug-likeness (QED) is 0.768. The Kier molecular flexibility index (Phi) is 4.13. The maximum atomic E-state index is 12.7. The zero-order valence-electron chi connectivity index (χ0n) is 6.74. The Morgan fingerprint density at radius 2 is 2.23 bits per heavy atom. The number of rotatable bonds is 2. The molecule has 6 heteroatoms. The predicted molar refractivity (Wildman–Crippen MR) is 47.9 cm³/mol. The van der Waals surface area contributed by atoms with Crippen molar-refractivity contribution in [2.45, 2.75) is 0 Å². The van der Waals surface area contributed by atoms with Crippen molar-refractivity contribution in [3.05, 3.63) is 23.6 Å². The van der Waals surface area contributed by atoms with Crippen LogP contribution in [0.1, 0.15) is 10.5 Å². The molecule has 0 saturated heterocycles. The summed E-state index contributed by atoms with van der Waals surface area (Å²) in [5.74, 6) is -1.88. The van der Waals surface area contributed by atoms with E-state index in [0.29, 0.717) is 5.82 Å². The third kappa shape index (κ3) is 2.55. The van der Waals surface area contributed by atoms with Gasteiger partial charge in [-0.1, -0.05) is 0 Å². The first-order valence-corrected chi connectivity index (χ1v) is 3.22. The molecule has 0 unspecified atom stereocenters. The van der Waals surface area contributed by atoms with Crippen LogP contribution in [0.2, 0.25) is 0 Å². The summed E-state index contributed by atoms with van der Waals surface area (Å²) in [4.78, 5) is 13.9. The predicted octanol–water partition coefficient (Wildman–Crippen LogP) is 1.38. The lowest BCUT2D eigenvalue weighted by molar-refractivity contribution is 0.0685. The molecule has 0 spiro atoms. The van der Waals surface area contributed by atoms with E-state index in [1.807, 2.05) is 0 Å². The van der Waals surface area contributed by atoms with Gasteiger partial charge in [0, 0.05) is 7.05 Å². The van der Waals surface area contributed by atoms with Gasteiger partial charge in [-0.15, -0.1) is 12.4 Å². The van der Waals surface area contributed by atoms with E-state index in [1.165, 1.54) is 6.07 Å². The Morgan fingerprint density at radius 1 is 1.62 bits per heavy atom. The van der Waals surface area contributed by atoms with Crippen molar-refractivity contribution in [3.8, 4) is 0 Å². The summed E-state index contributed by atoms with van der Waals surface area (Å²) in [6.07, 6.45) is 0. The second kappa shape index (κ2) is 4.61. The topological polar surface area (TPSA) is 62.2 Å². The number of nitrogens with zero attached hydrogens (tertiary/aromatic N) is 1. The summed E-state index contributed by atoms with van der Waals surface area (Å²) in [5, 5.41) is 11.1. The lowest BCUT2D eigenvalue weighted by Gasteiger charge is -2.00. The second-order valence-corrected chi connectivity index (χ2v) is 2.08. The minimum absolute atomic E-state index is 0. The van der Waals surface area contributed by atoms with Crippen LogP contribution in [-0.2, 0) is 0 Å². The molecule has 0 atom stereocenters. The molecule has 0 saturated carbocycles. The highest BCUT2D eigenvalue weighted by molar-refractivity contribution is 5.86. The number of nitrogens with one attached hydrogen (secondary N) is 1. The Hall–Kier alpha value is -1.36. The lowest BCUT2D eigenvalue weighted by Crippen LogP contribution is -2.06. The molecule has 2 N–H and O–H groups in total. The highest BCUT2D eigenvalue weighted by Crippen LogP contribution is 2.08. The van der Waals surface area contributed by atoms with Crippen LogP contribution >= 0.6 is 12.4 Å². The maximum Gasteiger partial charge on any atom is 0.357 e. The number of halogens is 2. The van der Waals surface area contributed by atoms with Crippen molar-refractivity contribution in [2.24, 2.45) is 0 Å². The van der Waals surface area contributed by atoms with E-state index in [2.05, 4.69) is 10.3 Å². The monoisotopic (exact) mass is 206 g/mol. The third-order valence-electron chi connectivity index (χ3n) is 1.30. The number of pyridine rings is 1. The van der Waals surface area contributed by atoms with Crippen molar-refractivity contribution in [3.63, 3.8) is 0 Å². The number of hydrogen-bond donors (Lipinski definition) is 2. The largest absolute Gasteiger partial charge is 0.476 e. The minimum Gasteiger partial charge on any atom is -0.476 e. The lowest BCUT2D eigenvalue weighted by atomic mass is 10.3. The van der Waals surface area contributed by atoms with Gasteiger partial charge in [0.15, 0.2) is 11.5 Å². The van der Waals surface area contributed by atoms with Crippen LogP contribution in [0.15, 0.2) is 12.1 Å². The van der Waals surface area contributed by atoms with Gasteiger partial charge in [0.2, 0.25) is 0 Å².